The molecule has 5 heteroatoms. The van der Waals surface area contributed by atoms with Crippen LogP contribution in [-0.4, -0.2) is 41.0 Å². The van der Waals surface area contributed by atoms with Crippen LogP contribution >= 0.6 is 0 Å². The molecule has 1 aromatic rings. The lowest BCUT2D eigenvalue weighted by atomic mass is 9.97. The number of rotatable bonds is 4. The average Bonchev–Trinajstić information content (AvgIpc) is 2.36. The molecule has 0 spiro atoms. The van der Waals surface area contributed by atoms with Crippen molar-refractivity contribution >= 4 is 5.82 Å². The van der Waals surface area contributed by atoms with E-state index in [1.807, 2.05) is 0 Å². The second-order valence-corrected chi connectivity index (χ2v) is 4.97. The number of H-pyrrole nitrogens is 1. The van der Waals surface area contributed by atoms with Crippen molar-refractivity contribution in [1.29, 1.82) is 0 Å². The zero-order valence-corrected chi connectivity index (χ0v) is 11.2. The van der Waals surface area contributed by atoms with Gasteiger partial charge in [-0.25, -0.2) is 4.98 Å². The fraction of sp³-hybridized carbons (Fsp3) is 0.692. The van der Waals surface area contributed by atoms with Crippen molar-refractivity contribution in [1.82, 2.24) is 14.9 Å². The molecule has 18 heavy (non-hydrogen) atoms. The molecule has 5 nitrogen and oxygen atoms in total. The van der Waals surface area contributed by atoms with Crippen LogP contribution in [0.1, 0.15) is 25.6 Å². The van der Waals surface area contributed by atoms with Crippen molar-refractivity contribution in [3.63, 3.8) is 0 Å². The first-order chi connectivity index (χ1) is 8.67. The molecule has 1 aliphatic rings. The van der Waals surface area contributed by atoms with Crippen LogP contribution in [0, 0.1) is 12.8 Å². The predicted octanol–water partition coefficient (Wildman–Crippen LogP) is 1.22. The van der Waals surface area contributed by atoms with E-state index < -0.39 is 0 Å². The summed E-state index contributed by atoms with van der Waals surface area (Å²) < 4.78 is 0. The van der Waals surface area contributed by atoms with Crippen LogP contribution in [0.4, 0.5) is 5.82 Å². The smallest absolute Gasteiger partial charge is 0.252 e. The van der Waals surface area contributed by atoms with E-state index in [4.69, 9.17) is 0 Å². The topological polar surface area (TPSA) is 61.0 Å². The van der Waals surface area contributed by atoms with Crippen molar-refractivity contribution in [3.05, 3.63) is 22.2 Å². The molecule has 0 saturated carbocycles. The normalized spacial score (nSPS) is 17.9. The van der Waals surface area contributed by atoms with Gasteiger partial charge >= 0.3 is 0 Å². The summed E-state index contributed by atoms with van der Waals surface area (Å²) in [7, 11) is 0. The van der Waals surface area contributed by atoms with Gasteiger partial charge in [0.1, 0.15) is 11.6 Å². The minimum atomic E-state index is -0.0918. The van der Waals surface area contributed by atoms with E-state index in [0.717, 1.165) is 13.1 Å². The maximum absolute atomic E-state index is 11.3. The maximum Gasteiger partial charge on any atom is 0.252 e. The van der Waals surface area contributed by atoms with Gasteiger partial charge in [-0.05, 0) is 45.3 Å². The molecule has 1 fully saturated rings. The second-order valence-electron chi connectivity index (χ2n) is 4.97. The van der Waals surface area contributed by atoms with Gasteiger partial charge in [-0.3, -0.25) is 4.79 Å². The summed E-state index contributed by atoms with van der Waals surface area (Å²) in [6.07, 6.45) is 2.45. The number of aromatic nitrogens is 2. The Morgan fingerprint density at radius 3 is 2.83 bits per heavy atom. The molecule has 1 aromatic heterocycles. The van der Waals surface area contributed by atoms with Crippen LogP contribution in [0.3, 0.4) is 0 Å². The predicted molar refractivity (Wildman–Crippen MR) is 72.9 cm³/mol. The highest BCUT2D eigenvalue weighted by Gasteiger charge is 2.17. The van der Waals surface area contributed by atoms with Gasteiger partial charge in [-0.2, -0.15) is 0 Å². The Hall–Kier alpha value is -1.36. The highest BCUT2D eigenvalue weighted by atomic mass is 16.1. The number of aryl methyl sites for hydroxylation is 1. The summed E-state index contributed by atoms with van der Waals surface area (Å²) in [5.41, 5.74) is -0.0918. The lowest BCUT2D eigenvalue weighted by molar-refractivity contribution is 0.198. The maximum atomic E-state index is 11.3. The van der Waals surface area contributed by atoms with Crippen molar-refractivity contribution in [2.75, 3.05) is 31.5 Å². The third-order valence-corrected chi connectivity index (χ3v) is 3.59. The van der Waals surface area contributed by atoms with E-state index in [1.165, 1.54) is 32.0 Å². The van der Waals surface area contributed by atoms with Crippen LogP contribution in [0.15, 0.2) is 10.9 Å². The summed E-state index contributed by atoms with van der Waals surface area (Å²) in [5, 5.41) is 3.28. The van der Waals surface area contributed by atoms with Gasteiger partial charge in [0, 0.05) is 12.6 Å². The number of anilines is 1. The van der Waals surface area contributed by atoms with Crippen molar-refractivity contribution < 1.29 is 0 Å². The molecule has 0 unspecified atom stereocenters. The molecular weight excluding hydrogens is 228 g/mol. The Balaban J connectivity index is 1.83. The van der Waals surface area contributed by atoms with Crippen LogP contribution in [0.5, 0.6) is 0 Å². The van der Waals surface area contributed by atoms with Crippen LogP contribution < -0.4 is 10.9 Å². The van der Waals surface area contributed by atoms with E-state index in [0.29, 0.717) is 17.6 Å². The van der Waals surface area contributed by atoms with E-state index in [-0.39, 0.29) is 5.56 Å². The number of hydrogen-bond acceptors (Lipinski definition) is 4. The number of aromatic amines is 1. The van der Waals surface area contributed by atoms with E-state index in [9.17, 15) is 4.79 Å². The lowest BCUT2D eigenvalue weighted by Crippen LogP contribution is -2.35. The second kappa shape index (κ2) is 6.00. The van der Waals surface area contributed by atoms with Gasteiger partial charge < -0.3 is 15.2 Å². The Kier molecular flexibility index (Phi) is 4.36. The summed E-state index contributed by atoms with van der Waals surface area (Å²) in [6.45, 7) is 8.44. The first-order valence-electron chi connectivity index (χ1n) is 6.71. The van der Waals surface area contributed by atoms with Gasteiger partial charge in [0.2, 0.25) is 0 Å². The molecule has 0 atom stereocenters. The number of nitrogens with one attached hydrogen (secondary N) is 2. The minimum absolute atomic E-state index is 0.0918. The quantitative estimate of drug-likeness (QED) is 0.843. The SMILES string of the molecule is CCN1CCC(CNc2cc(=O)[nH]c(C)n2)CC1. The molecule has 0 bridgehead atoms. The fourth-order valence-corrected chi connectivity index (χ4v) is 2.43. The fourth-order valence-electron chi connectivity index (χ4n) is 2.43. The number of likely N-dealkylation sites (tertiary alicyclic amines) is 1. The minimum Gasteiger partial charge on any atom is -0.370 e. The van der Waals surface area contributed by atoms with Gasteiger partial charge in [0.15, 0.2) is 0 Å². The Labute approximate surface area is 108 Å². The summed E-state index contributed by atoms with van der Waals surface area (Å²) in [5.74, 6) is 2.04. The molecule has 0 aliphatic carbocycles. The molecule has 0 radical (unpaired) electrons. The van der Waals surface area contributed by atoms with Gasteiger partial charge in [-0.15, -0.1) is 0 Å². The number of piperidine rings is 1. The van der Waals surface area contributed by atoms with E-state index in [2.05, 4.69) is 27.1 Å². The van der Waals surface area contributed by atoms with Gasteiger partial charge in [0.05, 0.1) is 0 Å². The van der Waals surface area contributed by atoms with Gasteiger partial charge in [0.25, 0.3) is 5.56 Å². The van der Waals surface area contributed by atoms with E-state index in [1.54, 1.807) is 6.92 Å². The molecule has 2 rings (SSSR count). The van der Waals surface area contributed by atoms with Crippen molar-refractivity contribution in [2.45, 2.75) is 26.7 Å². The lowest BCUT2D eigenvalue weighted by Gasteiger charge is -2.31. The molecule has 2 N–H and O–H groups in total. The monoisotopic (exact) mass is 250 g/mol. The van der Waals surface area contributed by atoms with Crippen LogP contribution in [-0.2, 0) is 0 Å². The highest BCUT2D eigenvalue weighted by molar-refractivity contribution is 5.32. The molecule has 2 heterocycles. The van der Waals surface area contributed by atoms with Gasteiger partial charge in [-0.1, -0.05) is 6.92 Å². The Bertz CT molecular complexity index is 435. The third kappa shape index (κ3) is 3.57. The molecule has 0 amide bonds. The molecule has 100 valence electrons. The zero-order valence-electron chi connectivity index (χ0n) is 11.2. The largest absolute Gasteiger partial charge is 0.370 e. The number of hydrogen-bond donors (Lipinski definition) is 2. The van der Waals surface area contributed by atoms with Crippen molar-refractivity contribution in [2.24, 2.45) is 5.92 Å². The standard InChI is InChI=1S/C13H22N4O/c1-3-17-6-4-11(5-7-17)9-14-12-8-13(18)16-10(2)15-12/h8,11H,3-7,9H2,1-2H3,(H2,14,15,16,18). The molecule has 1 saturated heterocycles. The molecule has 1 aliphatic heterocycles. The molecular formula is C13H22N4O. The average molecular weight is 250 g/mol. The van der Waals surface area contributed by atoms with Crippen molar-refractivity contribution in [3.8, 4) is 0 Å². The first kappa shape index (κ1) is 13.1. The Morgan fingerprint density at radius 2 is 2.22 bits per heavy atom. The highest BCUT2D eigenvalue weighted by Crippen LogP contribution is 2.17. The summed E-state index contributed by atoms with van der Waals surface area (Å²) in [6, 6.07) is 1.52. The molecule has 0 aromatic carbocycles. The zero-order chi connectivity index (χ0) is 13.0. The number of nitrogens with zero attached hydrogens (tertiary/aromatic N) is 2. The van der Waals surface area contributed by atoms with Crippen LogP contribution in [0.25, 0.3) is 0 Å². The summed E-state index contributed by atoms with van der Waals surface area (Å²) in [4.78, 5) is 20.7. The Morgan fingerprint density at radius 1 is 1.50 bits per heavy atom. The summed E-state index contributed by atoms with van der Waals surface area (Å²) >= 11 is 0. The third-order valence-electron chi connectivity index (χ3n) is 3.59. The van der Waals surface area contributed by atoms with E-state index >= 15 is 0 Å². The van der Waals surface area contributed by atoms with Crippen LogP contribution in [0.2, 0.25) is 0 Å². The first-order valence-corrected chi connectivity index (χ1v) is 6.71.